The van der Waals surface area contributed by atoms with E-state index >= 15 is 0 Å². The van der Waals surface area contributed by atoms with E-state index in [1.807, 2.05) is 6.92 Å². The monoisotopic (exact) mass is 231 g/mol. The predicted molar refractivity (Wildman–Crippen MR) is 64.0 cm³/mol. The van der Waals surface area contributed by atoms with Gasteiger partial charge in [-0.2, -0.15) is 5.10 Å². The van der Waals surface area contributed by atoms with Gasteiger partial charge in [-0.05, 0) is 19.1 Å². The van der Waals surface area contributed by atoms with Crippen LogP contribution in [0, 0.1) is 6.92 Å². The van der Waals surface area contributed by atoms with E-state index in [-0.39, 0.29) is 11.7 Å². The van der Waals surface area contributed by atoms with Gasteiger partial charge in [0.1, 0.15) is 5.75 Å². The molecule has 0 aliphatic heterocycles. The lowest BCUT2D eigenvalue weighted by molar-refractivity contribution is 0.102. The van der Waals surface area contributed by atoms with Crippen molar-refractivity contribution in [3.05, 3.63) is 41.7 Å². The number of aromatic hydroxyl groups is 1. The van der Waals surface area contributed by atoms with Crippen LogP contribution in [0.1, 0.15) is 16.1 Å². The molecule has 5 heteroatoms. The summed E-state index contributed by atoms with van der Waals surface area (Å²) in [4.78, 5) is 11.9. The molecular weight excluding hydrogens is 218 g/mol. The van der Waals surface area contributed by atoms with Crippen LogP contribution in [0.5, 0.6) is 5.75 Å². The molecule has 1 aromatic heterocycles. The van der Waals surface area contributed by atoms with Crippen molar-refractivity contribution in [2.45, 2.75) is 6.92 Å². The van der Waals surface area contributed by atoms with E-state index in [0.29, 0.717) is 11.3 Å². The van der Waals surface area contributed by atoms with Crippen molar-refractivity contribution in [3.8, 4) is 5.75 Å². The number of hydrogen-bond acceptors (Lipinski definition) is 3. The van der Waals surface area contributed by atoms with Gasteiger partial charge in [0.2, 0.25) is 0 Å². The summed E-state index contributed by atoms with van der Waals surface area (Å²) in [6, 6.07) is 6.42. The number of phenols is 1. The second-order valence-corrected chi connectivity index (χ2v) is 3.77. The van der Waals surface area contributed by atoms with Crippen molar-refractivity contribution in [3.63, 3.8) is 0 Å². The Bertz CT molecular complexity index is 561. The normalized spacial score (nSPS) is 10.2. The van der Waals surface area contributed by atoms with Gasteiger partial charge in [-0.25, -0.2) is 0 Å². The third-order valence-electron chi connectivity index (χ3n) is 2.58. The molecule has 2 aromatic rings. The summed E-state index contributed by atoms with van der Waals surface area (Å²) in [5.41, 5.74) is 1.87. The van der Waals surface area contributed by atoms with Crippen molar-refractivity contribution < 1.29 is 9.90 Å². The zero-order chi connectivity index (χ0) is 12.4. The highest BCUT2D eigenvalue weighted by Gasteiger charge is 2.12. The number of nitrogens with one attached hydrogen (secondary N) is 1. The Kier molecular flexibility index (Phi) is 2.82. The first kappa shape index (κ1) is 11.2. The van der Waals surface area contributed by atoms with Gasteiger partial charge >= 0.3 is 0 Å². The second-order valence-electron chi connectivity index (χ2n) is 3.77. The number of amides is 1. The summed E-state index contributed by atoms with van der Waals surface area (Å²) in [6.07, 6.45) is 1.52. The topological polar surface area (TPSA) is 67.2 Å². The van der Waals surface area contributed by atoms with Gasteiger partial charge in [-0.3, -0.25) is 9.48 Å². The van der Waals surface area contributed by atoms with Gasteiger partial charge in [0.15, 0.2) is 0 Å². The summed E-state index contributed by atoms with van der Waals surface area (Å²) in [5.74, 6) is -0.119. The van der Waals surface area contributed by atoms with Gasteiger partial charge in [-0.1, -0.05) is 6.07 Å². The first-order chi connectivity index (χ1) is 8.08. The third kappa shape index (κ3) is 2.28. The molecule has 0 saturated heterocycles. The quantitative estimate of drug-likeness (QED) is 0.826. The largest absolute Gasteiger partial charge is 0.508 e. The summed E-state index contributed by atoms with van der Waals surface area (Å²) in [7, 11) is 1.78. The maximum atomic E-state index is 11.9. The fourth-order valence-electron chi connectivity index (χ4n) is 1.50. The van der Waals surface area contributed by atoms with Crippen LogP contribution in [-0.4, -0.2) is 20.8 Å². The second kappa shape index (κ2) is 4.29. The lowest BCUT2D eigenvalue weighted by Gasteiger charge is -2.04. The molecule has 2 rings (SSSR count). The predicted octanol–water partition coefficient (Wildman–Crippen LogP) is 1.69. The molecule has 0 atom stereocenters. The van der Waals surface area contributed by atoms with Crippen LogP contribution in [0.15, 0.2) is 30.5 Å². The number of hydrogen-bond donors (Lipinski definition) is 2. The van der Waals surface area contributed by atoms with E-state index < -0.39 is 0 Å². The molecule has 0 aliphatic carbocycles. The third-order valence-corrected chi connectivity index (χ3v) is 2.58. The number of carbonyl (C=O) groups excluding carboxylic acids is 1. The van der Waals surface area contributed by atoms with Crippen LogP contribution < -0.4 is 5.32 Å². The van der Waals surface area contributed by atoms with E-state index in [9.17, 15) is 9.90 Å². The highest BCUT2D eigenvalue weighted by atomic mass is 16.3. The van der Waals surface area contributed by atoms with Gasteiger partial charge in [-0.15, -0.1) is 0 Å². The molecule has 0 unspecified atom stereocenters. The van der Waals surface area contributed by atoms with E-state index in [0.717, 1.165) is 5.69 Å². The summed E-state index contributed by atoms with van der Waals surface area (Å²) in [5, 5.41) is 16.0. The number of carbonyl (C=O) groups is 1. The van der Waals surface area contributed by atoms with E-state index in [4.69, 9.17) is 0 Å². The molecule has 0 saturated carbocycles. The molecule has 5 nitrogen and oxygen atoms in total. The first-order valence-electron chi connectivity index (χ1n) is 5.17. The van der Waals surface area contributed by atoms with Crippen molar-refractivity contribution in [2.75, 3.05) is 5.32 Å². The molecule has 0 bridgehead atoms. The molecule has 0 aliphatic rings. The molecule has 17 heavy (non-hydrogen) atoms. The molecule has 0 fully saturated rings. The van der Waals surface area contributed by atoms with Crippen molar-refractivity contribution >= 4 is 11.6 Å². The van der Waals surface area contributed by atoms with Crippen molar-refractivity contribution in [1.29, 1.82) is 0 Å². The smallest absolute Gasteiger partial charge is 0.259 e. The summed E-state index contributed by atoms with van der Waals surface area (Å²) >= 11 is 0. The minimum atomic E-state index is -0.235. The molecule has 88 valence electrons. The van der Waals surface area contributed by atoms with Crippen molar-refractivity contribution in [2.24, 2.45) is 7.05 Å². The Morgan fingerprint density at radius 3 is 2.82 bits per heavy atom. The highest BCUT2D eigenvalue weighted by Crippen LogP contribution is 2.17. The molecule has 1 aromatic carbocycles. The number of nitrogens with zero attached hydrogens (tertiary/aromatic N) is 2. The first-order valence-corrected chi connectivity index (χ1v) is 5.17. The number of benzene rings is 1. The SMILES string of the molecule is Cc1c(C(=O)Nc2cccc(O)c2)cnn1C. The Balaban J connectivity index is 2.20. The lowest BCUT2D eigenvalue weighted by Crippen LogP contribution is -2.12. The van der Waals surface area contributed by atoms with Gasteiger partial charge < -0.3 is 10.4 Å². The molecule has 1 heterocycles. The maximum Gasteiger partial charge on any atom is 0.259 e. The van der Waals surface area contributed by atoms with Gasteiger partial charge in [0.25, 0.3) is 5.91 Å². The van der Waals surface area contributed by atoms with Crippen molar-refractivity contribution in [1.82, 2.24) is 9.78 Å². The number of anilines is 1. The zero-order valence-corrected chi connectivity index (χ0v) is 9.64. The molecule has 2 N–H and O–H groups in total. The van der Waals surface area contributed by atoms with Crippen LogP contribution in [0.25, 0.3) is 0 Å². The fraction of sp³-hybridized carbons (Fsp3) is 0.167. The standard InChI is InChI=1S/C12H13N3O2/c1-8-11(7-13-15(8)2)12(17)14-9-4-3-5-10(16)6-9/h3-7,16H,1-2H3,(H,14,17). The highest BCUT2D eigenvalue weighted by molar-refractivity contribution is 6.04. The maximum absolute atomic E-state index is 11.9. The number of rotatable bonds is 2. The Labute approximate surface area is 98.7 Å². The van der Waals surface area contributed by atoms with Crippen LogP contribution in [0.2, 0.25) is 0 Å². The summed E-state index contributed by atoms with van der Waals surface area (Å²) < 4.78 is 1.64. The number of phenolic OH excluding ortho intramolecular Hbond substituents is 1. The minimum Gasteiger partial charge on any atom is -0.508 e. The van der Waals surface area contributed by atoms with E-state index in [1.54, 1.807) is 29.9 Å². The van der Waals surface area contributed by atoms with Gasteiger partial charge in [0.05, 0.1) is 11.8 Å². The average molecular weight is 231 g/mol. The van der Waals surface area contributed by atoms with E-state index in [2.05, 4.69) is 10.4 Å². The molecule has 0 radical (unpaired) electrons. The fourth-order valence-corrected chi connectivity index (χ4v) is 1.50. The zero-order valence-electron chi connectivity index (χ0n) is 9.64. The molecule has 1 amide bonds. The van der Waals surface area contributed by atoms with Crippen LogP contribution in [0.3, 0.4) is 0 Å². The Morgan fingerprint density at radius 1 is 1.47 bits per heavy atom. The van der Waals surface area contributed by atoms with Crippen LogP contribution >= 0.6 is 0 Å². The average Bonchev–Trinajstić information content (AvgIpc) is 2.60. The Morgan fingerprint density at radius 2 is 2.24 bits per heavy atom. The summed E-state index contributed by atoms with van der Waals surface area (Å²) in [6.45, 7) is 1.82. The minimum absolute atomic E-state index is 0.116. The Hall–Kier alpha value is -2.30. The van der Waals surface area contributed by atoms with Crippen LogP contribution in [-0.2, 0) is 7.05 Å². The number of aryl methyl sites for hydroxylation is 1. The molecule has 0 spiro atoms. The van der Waals surface area contributed by atoms with Crippen LogP contribution in [0.4, 0.5) is 5.69 Å². The lowest BCUT2D eigenvalue weighted by atomic mass is 10.2. The molecular formula is C12H13N3O2. The number of aromatic nitrogens is 2. The van der Waals surface area contributed by atoms with Gasteiger partial charge in [0, 0.05) is 24.5 Å². The van der Waals surface area contributed by atoms with E-state index in [1.165, 1.54) is 12.3 Å².